The molecule has 0 heterocycles. The third kappa shape index (κ3) is 2.23. The Kier molecular flexibility index (Phi) is 4.08. The van der Waals surface area contributed by atoms with Gasteiger partial charge in [-0.05, 0) is 48.3 Å². The van der Waals surface area contributed by atoms with E-state index in [4.69, 9.17) is 4.74 Å². The van der Waals surface area contributed by atoms with Crippen LogP contribution in [0.25, 0.3) is 0 Å². The number of carbonyl (C=O) groups excluding carboxylic acids is 1. The Morgan fingerprint density at radius 3 is 2.68 bits per heavy atom. The molecule has 1 fully saturated rings. The van der Waals surface area contributed by atoms with Crippen molar-refractivity contribution in [3.63, 3.8) is 0 Å². The van der Waals surface area contributed by atoms with Gasteiger partial charge >= 0.3 is 5.97 Å². The minimum absolute atomic E-state index is 0.0255. The first-order chi connectivity index (χ1) is 8.92. The van der Waals surface area contributed by atoms with Crippen molar-refractivity contribution in [3.8, 4) is 0 Å². The molecule has 2 aliphatic carbocycles. The summed E-state index contributed by atoms with van der Waals surface area (Å²) in [5, 5.41) is 0. The summed E-state index contributed by atoms with van der Waals surface area (Å²) in [7, 11) is 0. The van der Waals surface area contributed by atoms with Crippen LogP contribution in [0.4, 0.5) is 0 Å². The lowest BCUT2D eigenvalue weighted by molar-refractivity contribution is -0.144. The van der Waals surface area contributed by atoms with E-state index in [0.717, 1.165) is 0 Å². The van der Waals surface area contributed by atoms with Crippen LogP contribution in [0.3, 0.4) is 0 Å². The molecule has 19 heavy (non-hydrogen) atoms. The molecule has 0 bridgehead atoms. The monoisotopic (exact) mass is 264 g/mol. The van der Waals surface area contributed by atoms with Crippen molar-refractivity contribution in [2.45, 2.75) is 47.5 Å². The van der Waals surface area contributed by atoms with Gasteiger partial charge in [0.15, 0.2) is 0 Å². The third-order valence-electron chi connectivity index (χ3n) is 6.23. The van der Waals surface area contributed by atoms with Crippen LogP contribution in [0.2, 0.25) is 0 Å². The summed E-state index contributed by atoms with van der Waals surface area (Å²) in [6.45, 7) is 11.9. The van der Waals surface area contributed by atoms with Crippen molar-refractivity contribution in [2.24, 2.45) is 35.0 Å². The topological polar surface area (TPSA) is 26.3 Å². The van der Waals surface area contributed by atoms with E-state index >= 15 is 0 Å². The zero-order chi connectivity index (χ0) is 14.2. The summed E-state index contributed by atoms with van der Waals surface area (Å²) in [6, 6.07) is 0. The van der Waals surface area contributed by atoms with Crippen molar-refractivity contribution in [1.29, 1.82) is 0 Å². The largest absolute Gasteiger partial charge is 0.466 e. The number of ether oxygens (including phenoxy) is 1. The van der Waals surface area contributed by atoms with E-state index in [2.05, 4.69) is 39.8 Å². The number of fused-ring (bicyclic) bond motifs is 1. The van der Waals surface area contributed by atoms with Gasteiger partial charge in [-0.15, -0.1) is 0 Å². The highest BCUT2D eigenvalue weighted by molar-refractivity contribution is 5.69. The van der Waals surface area contributed by atoms with Crippen LogP contribution in [0.15, 0.2) is 12.2 Å². The molecule has 0 radical (unpaired) electrons. The van der Waals surface area contributed by atoms with Crippen LogP contribution >= 0.6 is 0 Å². The molecule has 2 heteroatoms. The van der Waals surface area contributed by atoms with Gasteiger partial charge in [0.1, 0.15) is 0 Å². The molecule has 0 aromatic heterocycles. The molecule has 1 saturated carbocycles. The number of allylic oxidation sites excluding steroid dienone is 2. The molecular weight excluding hydrogens is 236 g/mol. The maximum absolute atomic E-state index is 11.9. The lowest BCUT2D eigenvalue weighted by Crippen LogP contribution is -2.37. The van der Waals surface area contributed by atoms with Gasteiger partial charge in [-0.25, -0.2) is 0 Å². The van der Waals surface area contributed by atoms with E-state index < -0.39 is 0 Å². The van der Waals surface area contributed by atoms with Crippen molar-refractivity contribution in [2.75, 3.05) is 6.61 Å². The van der Waals surface area contributed by atoms with Gasteiger partial charge in [-0.1, -0.05) is 39.8 Å². The number of esters is 1. The standard InChI is InChI=1S/C17H28O2/c1-6-19-16(18)10-14-12(3)13(4)17(5)11(2)8-7-9-15(14)17/h7,9,11-15H,6,8,10H2,1-5H3. The predicted octanol–water partition coefficient (Wildman–Crippen LogP) is 4.06. The first-order valence-corrected chi connectivity index (χ1v) is 7.75. The first kappa shape index (κ1) is 14.6. The summed E-state index contributed by atoms with van der Waals surface area (Å²) in [4.78, 5) is 11.9. The van der Waals surface area contributed by atoms with Crippen molar-refractivity contribution in [1.82, 2.24) is 0 Å². The van der Waals surface area contributed by atoms with E-state index in [9.17, 15) is 4.79 Å². The van der Waals surface area contributed by atoms with Gasteiger partial charge in [-0.3, -0.25) is 4.79 Å². The van der Waals surface area contributed by atoms with Gasteiger partial charge in [-0.2, -0.15) is 0 Å². The second kappa shape index (κ2) is 5.30. The van der Waals surface area contributed by atoms with Crippen LogP contribution in [-0.2, 0) is 9.53 Å². The molecule has 108 valence electrons. The molecule has 6 atom stereocenters. The highest BCUT2D eigenvalue weighted by Gasteiger charge is 2.56. The van der Waals surface area contributed by atoms with E-state index in [0.29, 0.717) is 48.0 Å². The van der Waals surface area contributed by atoms with Crippen LogP contribution in [0.5, 0.6) is 0 Å². The zero-order valence-electron chi connectivity index (χ0n) is 13.0. The number of hydrogen-bond acceptors (Lipinski definition) is 2. The zero-order valence-corrected chi connectivity index (χ0v) is 13.0. The molecule has 0 saturated heterocycles. The molecule has 6 unspecified atom stereocenters. The quantitative estimate of drug-likeness (QED) is 0.567. The van der Waals surface area contributed by atoms with Crippen molar-refractivity contribution < 1.29 is 9.53 Å². The maximum Gasteiger partial charge on any atom is 0.306 e. The van der Waals surface area contributed by atoms with Crippen LogP contribution in [0.1, 0.15) is 47.5 Å². The van der Waals surface area contributed by atoms with Crippen LogP contribution < -0.4 is 0 Å². The molecule has 0 N–H and O–H groups in total. The van der Waals surface area contributed by atoms with E-state index in [-0.39, 0.29) is 5.97 Å². The van der Waals surface area contributed by atoms with E-state index in [1.54, 1.807) is 0 Å². The highest BCUT2D eigenvalue weighted by Crippen LogP contribution is 2.61. The molecule has 0 aromatic rings. The Hall–Kier alpha value is -0.790. The average Bonchev–Trinajstić information content (AvgIpc) is 2.55. The van der Waals surface area contributed by atoms with Gasteiger partial charge < -0.3 is 4.74 Å². The Balaban J connectivity index is 2.23. The lowest BCUT2D eigenvalue weighted by Gasteiger charge is -2.43. The molecule has 0 amide bonds. The first-order valence-electron chi connectivity index (χ1n) is 7.75. The molecule has 2 rings (SSSR count). The third-order valence-corrected chi connectivity index (χ3v) is 6.23. The fourth-order valence-corrected chi connectivity index (χ4v) is 4.56. The van der Waals surface area contributed by atoms with Gasteiger partial charge in [0.2, 0.25) is 0 Å². The lowest BCUT2D eigenvalue weighted by atomic mass is 9.61. The summed E-state index contributed by atoms with van der Waals surface area (Å²) in [5.74, 6) is 2.90. The summed E-state index contributed by atoms with van der Waals surface area (Å²) < 4.78 is 5.16. The summed E-state index contributed by atoms with van der Waals surface area (Å²) in [5.41, 5.74) is 0.339. The predicted molar refractivity (Wildman–Crippen MR) is 77.6 cm³/mol. The second-order valence-electron chi connectivity index (χ2n) is 6.78. The van der Waals surface area contributed by atoms with E-state index in [1.807, 2.05) is 6.92 Å². The molecule has 0 spiro atoms. The number of hydrogen-bond donors (Lipinski definition) is 0. The highest BCUT2D eigenvalue weighted by atomic mass is 16.5. The van der Waals surface area contributed by atoms with Gasteiger partial charge in [0, 0.05) is 6.42 Å². The number of rotatable bonds is 3. The molecule has 2 aliphatic rings. The van der Waals surface area contributed by atoms with Crippen molar-refractivity contribution >= 4 is 5.97 Å². The maximum atomic E-state index is 11.9. The molecule has 0 aliphatic heterocycles. The number of carbonyl (C=O) groups is 1. The van der Waals surface area contributed by atoms with E-state index in [1.165, 1.54) is 6.42 Å². The molecule has 0 aromatic carbocycles. The van der Waals surface area contributed by atoms with Crippen LogP contribution in [-0.4, -0.2) is 12.6 Å². The SMILES string of the molecule is CCOC(=O)CC1C(C)C(C)C2(C)C(C)CC=CC12. The summed E-state index contributed by atoms with van der Waals surface area (Å²) in [6.07, 6.45) is 6.46. The Labute approximate surface area is 117 Å². The normalized spacial score (nSPS) is 45.0. The van der Waals surface area contributed by atoms with Gasteiger partial charge in [0.05, 0.1) is 6.61 Å². The van der Waals surface area contributed by atoms with Gasteiger partial charge in [0.25, 0.3) is 0 Å². The summed E-state index contributed by atoms with van der Waals surface area (Å²) >= 11 is 0. The average molecular weight is 264 g/mol. The molecular formula is C17H28O2. The Bertz CT molecular complexity index is 373. The van der Waals surface area contributed by atoms with Crippen molar-refractivity contribution in [3.05, 3.63) is 12.2 Å². The second-order valence-corrected chi connectivity index (χ2v) is 6.78. The minimum atomic E-state index is -0.0255. The smallest absolute Gasteiger partial charge is 0.306 e. The minimum Gasteiger partial charge on any atom is -0.466 e. The Morgan fingerprint density at radius 1 is 1.37 bits per heavy atom. The molecule has 2 nitrogen and oxygen atoms in total. The fraction of sp³-hybridized carbons (Fsp3) is 0.824. The van der Waals surface area contributed by atoms with Crippen LogP contribution in [0, 0.1) is 35.0 Å². The fourth-order valence-electron chi connectivity index (χ4n) is 4.56. The Morgan fingerprint density at radius 2 is 2.05 bits per heavy atom.